The van der Waals surface area contributed by atoms with E-state index in [4.69, 9.17) is 23.2 Å². The van der Waals surface area contributed by atoms with Gasteiger partial charge in [0.1, 0.15) is 6.54 Å². The van der Waals surface area contributed by atoms with E-state index >= 15 is 0 Å². The average Bonchev–Trinajstić information content (AvgIpc) is 2.79. The summed E-state index contributed by atoms with van der Waals surface area (Å²) in [5, 5.41) is 0.959. The Morgan fingerprint density at radius 1 is 1.40 bits per heavy atom. The zero-order valence-corrected chi connectivity index (χ0v) is 13.3. The van der Waals surface area contributed by atoms with Crippen molar-refractivity contribution < 1.29 is 9.59 Å². The van der Waals surface area contributed by atoms with E-state index in [9.17, 15) is 9.59 Å². The summed E-state index contributed by atoms with van der Waals surface area (Å²) in [6, 6.07) is 5.28. The number of carbonyl (C=O) groups is 2. The van der Waals surface area contributed by atoms with Gasteiger partial charge < -0.3 is 9.80 Å². The van der Waals surface area contributed by atoms with Gasteiger partial charge in [-0.15, -0.1) is 11.8 Å². The molecule has 0 N–H and O–H groups in total. The summed E-state index contributed by atoms with van der Waals surface area (Å²) in [7, 11) is 1.71. The molecule has 1 heterocycles. The fourth-order valence-electron chi connectivity index (χ4n) is 1.82. The Balaban J connectivity index is 1.93. The number of carbonyl (C=O) groups excluding carboxylic acids is 2. The van der Waals surface area contributed by atoms with Gasteiger partial charge in [0.05, 0.1) is 21.7 Å². The first kappa shape index (κ1) is 15.5. The summed E-state index contributed by atoms with van der Waals surface area (Å²) < 4.78 is 0. The molecule has 1 saturated heterocycles. The Morgan fingerprint density at radius 3 is 2.75 bits per heavy atom. The highest BCUT2D eigenvalue weighted by atomic mass is 35.5. The second-order valence-electron chi connectivity index (χ2n) is 4.57. The second kappa shape index (κ2) is 6.70. The van der Waals surface area contributed by atoms with Gasteiger partial charge in [-0.05, 0) is 17.7 Å². The molecule has 0 radical (unpaired) electrons. The number of likely N-dealkylation sites (N-methyl/N-ethyl adjacent to an activating group) is 1. The van der Waals surface area contributed by atoms with Crippen molar-refractivity contribution in [3.05, 3.63) is 33.8 Å². The van der Waals surface area contributed by atoms with E-state index in [1.807, 2.05) is 6.07 Å². The predicted molar refractivity (Wildman–Crippen MR) is 82.0 cm³/mol. The lowest BCUT2D eigenvalue weighted by atomic mass is 10.2. The van der Waals surface area contributed by atoms with Gasteiger partial charge in [-0.25, -0.2) is 0 Å². The van der Waals surface area contributed by atoms with Gasteiger partial charge in [-0.1, -0.05) is 29.3 Å². The second-order valence-corrected chi connectivity index (χ2v) is 6.34. The first-order chi connectivity index (χ1) is 9.47. The number of hydrogen-bond donors (Lipinski definition) is 0. The molecule has 0 aliphatic carbocycles. The molecule has 7 heteroatoms. The standard InChI is InChI=1S/C13H14Cl2N2O2S/c1-16(5-9-2-3-10(14)11(15)4-9)12(18)6-17-8-20-7-13(17)19/h2-4H,5-8H2,1H3. The molecule has 2 amide bonds. The lowest BCUT2D eigenvalue weighted by Crippen LogP contribution is -2.38. The lowest BCUT2D eigenvalue weighted by molar-refractivity contribution is -0.137. The maximum Gasteiger partial charge on any atom is 0.242 e. The lowest BCUT2D eigenvalue weighted by Gasteiger charge is -2.21. The van der Waals surface area contributed by atoms with Crippen molar-refractivity contribution in [3.63, 3.8) is 0 Å². The van der Waals surface area contributed by atoms with Crippen LogP contribution in [0.25, 0.3) is 0 Å². The highest BCUT2D eigenvalue weighted by molar-refractivity contribution is 8.00. The van der Waals surface area contributed by atoms with E-state index in [-0.39, 0.29) is 18.4 Å². The van der Waals surface area contributed by atoms with E-state index in [0.717, 1.165) is 5.56 Å². The zero-order valence-electron chi connectivity index (χ0n) is 10.9. The Kier molecular flexibility index (Phi) is 5.18. The van der Waals surface area contributed by atoms with Crippen molar-refractivity contribution in [1.29, 1.82) is 0 Å². The van der Waals surface area contributed by atoms with E-state index in [0.29, 0.717) is 28.2 Å². The van der Waals surface area contributed by atoms with Gasteiger partial charge in [0.15, 0.2) is 0 Å². The Bertz CT molecular complexity index is 539. The monoisotopic (exact) mass is 332 g/mol. The van der Waals surface area contributed by atoms with Crippen molar-refractivity contribution in [2.45, 2.75) is 6.54 Å². The summed E-state index contributed by atoms with van der Waals surface area (Å²) in [4.78, 5) is 26.7. The molecule has 108 valence electrons. The number of benzene rings is 1. The molecule has 1 aliphatic heterocycles. The number of nitrogens with zero attached hydrogens (tertiary/aromatic N) is 2. The van der Waals surface area contributed by atoms with Crippen LogP contribution < -0.4 is 0 Å². The molecule has 0 aromatic heterocycles. The Labute approximate surface area is 132 Å². The molecule has 1 fully saturated rings. The molecule has 0 atom stereocenters. The number of amides is 2. The minimum atomic E-state index is -0.0908. The predicted octanol–water partition coefficient (Wildman–Crippen LogP) is 2.48. The maximum absolute atomic E-state index is 12.1. The van der Waals surface area contributed by atoms with E-state index in [1.165, 1.54) is 11.8 Å². The average molecular weight is 333 g/mol. The first-order valence-corrected chi connectivity index (χ1v) is 7.92. The minimum Gasteiger partial charge on any atom is -0.340 e. The van der Waals surface area contributed by atoms with Gasteiger partial charge in [-0.3, -0.25) is 9.59 Å². The van der Waals surface area contributed by atoms with Crippen LogP contribution >= 0.6 is 35.0 Å². The Morgan fingerprint density at radius 2 is 2.15 bits per heavy atom. The zero-order chi connectivity index (χ0) is 14.7. The molecule has 0 bridgehead atoms. The van der Waals surface area contributed by atoms with Gasteiger partial charge in [-0.2, -0.15) is 0 Å². The van der Waals surface area contributed by atoms with Crippen molar-refractivity contribution >= 4 is 46.8 Å². The number of halogens is 2. The molecule has 4 nitrogen and oxygen atoms in total. The van der Waals surface area contributed by atoms with Crippen molar-refractivity contribution in [1.82, 2.24) is 9.80 Å². The van der Waals surface area contributed by atoms with Gasteiger partial charge in [0.25, 0.3) is 0 Å². The number of rotatable bonds is 4. The third-order valence-electron chi connectivity index (χ3n) is 2.98. The molecule has 0 spiro atoms. The third kappa shape index (κ3) is 3.81. The van der Waals surface area contributed by atoms with Crippen LogP contribution in [0.2, 0.25) is 10.0 Å². The van der Waals surface area contributed by atoms with Crippen LogP contribution in [0.5, 0.6) is 0 Å². The van der Waals surface area contributed by atoms with Crippen molar-refractivity contribution in [2.75, 3.05) is 25.2 Å². The molecule has 0 unspecified atom stereocenters. The van der Waals surface area contributed by atoms with E-state index in [1.54, 1.807) is 29.0 Å². The Hall–Kier alpha value is -0.910. The SMILES string of the molecule is CN(Cc1ccc(Cl)c(Cl)c1)C(=O)CN1CSCC1=O. The number of hydrogen-bond acceptors (Lipinski definition) is 3. The summed E-state index contributed by atoms with van der Waals surface area (Å²) in [6.07, 6.45) is 0. The van der Waals surface area contributed by atoms with Crippen LogP contribution in [-0.2, 0) is 16.1 Å². The fourth-order valence-corrected chi connectivity index (χ4v) is 3.05. The highest BCUT2D eigenvalue weighted by Crippen LogP contribution is 2.23. The van der Waals surface area contributed by atoms with Gasteiger partial charge in [0.2, 0.25) is 11.8 Å². The minimum absolute atomic E-state index is 0.0197. The molecule has 2 rings (SSSR count). The largest absolute Gasteiger partial charge is 0.340 e. The molecule has 20 heavy (non-hydrogen) atoms. The van der Waals surface area contributed by atoms with Crippen LogP contribution in [0.4, 0.5) is 0 Å². The van der Waals surface area contributed by atoms with E-state index < -0.39 is 0 Å². The molecule has 1 aromatic carbocycles. The van der Waals surface area contributed by atoms with Gasteiger partial charge >= 0.3 is 0 Å². The first-order valence-electron chi connectivity index (χ1n) is 6.01. The van der Waals surface area contributed by atoms with Crippen molar-refractivity contribution in [3.8, 4) is 0 Å². The summed E-state index contributed by atoms with van der Waals surface area (Å²) >= 11 is 13.3. The van der Waals surface area contributed by atoms with Crippen LogP contribution in [0.1, 0.15) is 5.56 Å². The smallest absolute Gasteiger partial charge is 0.242 e. The molecule has 0 saturated carbocycles. The quantitative estimate of drug-likeness (QED) is 0.850. The van der Waals surface area contributed by atoms with Gasteiger partial charge in [0, 0.05) is 13.6 Å². The maximum atomic E-state index is 12.1. The summed E-state index contributed by atoms with van der Waals surface area (Å²) in [5.74, 6) is 0.979. The van der Waals surface area contributed by atoms with Crippen LogP contribution in [-0.4, -0.2) is 46.8 Å². The van der Waals surface area contributed by atoms with Crippen LogP contribution in [0.15, 0.2) is 18.2 Å². The third-order valence-corrected chi connectivity index (χ3v) is 4.67. The molecular formula is C13H14Cl2N2O2S. The van der Waals surface area contributed by atoms with Crippen LogP contribution in [0, 0.1) is 0 Å². The topological polar surface area (TPSA) is 40.6 Å². The fraction of sp³-hybridized carbons (Fsp3) is 0.385. The summed E-state index contributed by atoms with van der Waals surface area (Å²) in [5.41, 5.74) is 0.900. The van der Waals surface area contributed by atoms with Crippen molar-refractivity contribution in [2.24, 2.45) is 0 Å². The molecule has 1 aliphatic rings. The molecule has 1 aromatic rings. The van der Waals surface area contributed by atoms with E-state index in [2.05, 4.69) is 0 Å². The van der Waals surface area contributed by atoms with Crippen LogP contribution in [0.3, 0.4) is 0 Å². The number of thioether (sulfide) groups is 1. The molecular weight excluding hydrogens is 319 g/mol. The normalized spacial score (nSPS) is 14.8. The summed E-state index contributed by atoms with van der Waals surface area (Å²) in [6.45, 7) is 0.564. The highest BCUT2D eigenvalue weighted by Gasteiger charge is 2.24.